The molecular formula is C20H29N3O3. The second-order valence-corrected chi connectivity index (χ2v) is 7.30. The summed E-state index contributed by atoms with van der Waals surface area (Å²) >= 11 is 0. The number of amides is 2. The molecule has 1 aromatic carbocycles. The van der Waals surface area contributed by atoms with Gasteiger partial charge < -0.3 is 20.2 Å². The van der Waals surface area contributed by atoms with Gasteiger partial charge in [-0.05, 0) is 57.5 Å². The van der Waals surface area contributed by atoms with Gasteiger partial charge >= 0.3 is 0 Å². The maximum atomic E-state index is 12.5. The molecule has 2 aliphatic rings. The Hall–Kier alpha value is -1.92. The Morgan fingerprint density at radius 3 is 2.54 bits per heavy atom. The van der Waals surface area contributed by atoms with Gasteiger partial charge in [0.05, 0.1) is 12.1 Å². The van der Waals surface area contributed by atoms with Crippen molar-refractivity contribution in [2.45, 2.75) is 44.2 Å². The van der Waals surface area contributed by atoms with Crippen molar-refractivity contribution >= 4 is 11.8 Å². The molecule has 6 nitrogen and oxygen atoms in total. The summed E-state index contributed by atoms with van der Waals surface area (Å²) in [5.74, 6) is -0.0730. The maximum Gasteiger partial charge on any atom is 0.253 e. The van der Waals surface area contributed by atoms with Crippen LogP contribution < -0.4 is 5.32 Å². The van der Waals surface area contributed by atoms with Crippen molar-refractivity contribution in [2.75, 3.05) is 32.7 Å². The summed E-state index contributed by atoms with van der Waals surface area (Å²) in [6, 6.07) is 8.83. The summed E-state index contributed by atoms with van der Waals surface area (Å²) in [7, 11) is 0. The molecule has 2 N–H and O–H groups in total. The SMILES string of the molecule is O=C(CCCN1CCCC1)NC1CCN(C(=O)c2ccccc2)CC1O. The third-order valence-electron chi connectivity index (χ3n) is 5.31. The minimum Gasteiger partial charge on any atom is -0.389 e. The molecule has 2 saturated heterocycles. The fourth-order valence-corrected chi connectivity index (χ4v) is 3.80. The smallest absolute Gasteiger partial charge is 0.253 e. The number of carbonyl (C=O) groups is 2. The molecule has 2 aliphatic heterocycles. The van der Waals surface area contributed by atoms with E-state index in [-0.39, 0.29) is 24.4 Å². The van der Waals surface area contributed by atoms with E-state index in [1.54, 1.807) is 17.0 Å². The Bertz CT molecular complexity index is 602. The quantitative estimate of drug-likeness (QED) is 0.802. The van der Waals surface area contributed by atoms with Gasteiger partial charge in [0.25, 0.3) is 5.91 Å². The first-order valence-electron chi connectivity index (χ1n) is 9.67. The van der Waals surface area contributed by atoms with Crippen molar-refractivity contribution in [2.24, 2.45) is 0 Å². The number of benzene rings is 1. The molecular weight excluding hydrogens is 330 g/mol. The van der Waals surface area contributed by atoms with Crippen LogP contribution in [-0.4, -0.2) is 71.6 Å². The zero-order chi connectivity index (χ0) is 18.4. The third kappa shape index (κ3) is 5.05. The van der Waals surface area contributed by atoms with E-state index in [4.69, 9.17) is 0 Å². The molecule has 2 fully saturated rings. The summed E-state index contributed by atoms with van der Waals surface area (Å²) in [5, 5.41) is 13.3. The first kappa shape index (κ1) is 18.9. The van der Waals surface area contributed by atoms with E-state index < -0.39 is 6.10 Å². The van der Waals surface area contributed by atoms with Crippen LogP contribution in [0.4, 0.5) is 0 Å². The standard InChI is InChI=1S/C20H29N3O3/c24-18-15-23(20(26)16-7-2-1-3-8-16)14-10-17(18)21-19(25)9-6-13-22-11-4-5-12-22/h1-3,7-8,17-18,24H,4-6,9-15H2,(H,21,25). The van der Waals surface area contributed by atoms with Crippen LogP contribution in [0.1, 0.15) is 42.5 Å². The molecule has 2 unspecified atom stereocenters. The Labute approximate surface area is 155 Å². The molecule has 0 saturated carbocycles. The van der Waals surface area contributed by atoms with Crippen LogP contribution in [0.5, 0.6) is 0 Å². The van der Waals surface area contributed by atoms with Gasteiger partial charge in [0.15, 0.2) is 0 Å². The second-order valence-electron chi connectivity index (χ2n) is 7.30. The van der Waals surface area contributed by atoms with Crippen molar-refractivity contribution < 1.29 is 14.7 Å². The first-order valence-corrected chi connectivity index (χ1v) is 9.67. The van der Waals surface area contributed by atoms with Crippen LogP contribution in [0, 0.1) is 0 Å². The minimum atomic E-state index is -0.723. The fourth-order valence-electron chi connectivity index (χ4n) is 3.80. The number of β-amino-alcohol motifs (C(OH)–C–C–N with tert-alkyl or cyclic N) is 1. The van der Waals surface area contributed by atoms with Gasteiger partial charge in [0, 0.05) is 25.1 Å². The Morgan fingerprint density at radius 2 is 1.85 bits per heavy atom. The number of nitrogens with zero attached hydrogens (tertiary/aromatic N) is 2. The molecule has 6 heteroatoms. The van der Waals surface area contributed by atoms with E-state index in [0.717, 1.165) is 26.1 Å². The van der Waals surface area contributed by atoms with Crippen LogP contribution in [0.3, 0.4) is 0 Å². The van der Waals surface area contributed by atoms with Crippen LogP contribution in [0.15, 0.2) is 30.3 Å². The summed E-state index contributed by atoms with van der Waals surface area (Å²) in [6.45, 7) is 4.07. The number of likely N-dealkylation sites (tertiary alicyclic amines) is 2. The normalized spacial score (nSPS) is 23.8. The highest BCUT2D eigenvalue weighted by Crippen LogP contribution is 2.15. The van der Waals surface area contributed by atoms with Gasteiger partial charge in [0.2, 0.25) is 5.91 Å². The minimum absolute atomic E-state index is 0.00363. The molecule has 0 bridgehead atoms. The average molecular weight is 359 g/mol. The Balaban J connectivity index is 1.40. The number of nitrogens with one attached hydrogen (secondary N) is 1. The average Bonchev–Trinajstić information content (AvgIpc) is 3.17. The van der Waals surface area contributed by atoms with Crippen molar-refractivity contribution in [1.82, 2.24) is 15.1 Å². The lowest BCUT2D eigenvalue weighted by Gasteiger charge is -2.36. The largest absolute Gasteiger partial charge is 0.389 e. The molecule has 0 radical (unpaired) electrons. The fraction of sp³-hybridized carbons (Fsp3) is 0.600. The number of rotatable bonds is 6. The summed E-state index contributed by atoms with van der Waals surface area (Å²) in [6.07, 6.45) is 3.73. The van der Waals surface area contributed by atoms with E-state index in [2.05, 4.69) is 10.2 Å². The van der Waals surface area contributed by atoms with E-state index in [9.17, 15) is 14.7 Å². The molecule has 2 amide bonds. The van der Waals surface area contributed by atoms with Crippen LogP contribution in [-0.2, 0) is 4.79 Å². The van der Waals surface area contributed by atoms with E-state index in [0.29, 0.717) is 24.9 Å². The van der Waals surface area contributed by atoms with E-state index in [1.165, 1.54) is 12.8 Å². The van der Waals surface area contributed by atoms with Gasteiger partial charge in [-0.25, -0.2) is 0 Å². The number of aliphatic hydroxyl groups excluding tert-OH is 1. The predicted molar refractivity (Wildman–Crippen MR) is 99.8 cm³/mol. The van der Waals surface area contributed by atoms with Crippen molar-refractivity contribution in [3.05, 3.63) is 35.9 Å². The molecule has 2 atom stereocenters. The molecule has 0 aliphatic carbocycles. The lowest BCUT2D eigenvalue weighted by molar-refractivity contribution is -0.123. The highest BCUT2D eigenvalue weighted by molar-refractivity contribution is 5.94. The first-order chi connectivity index (χ1) is 12.6. The van der Waals surface area contributed by atoms with Gasteiger partial charge in [-0.3, -0.25) is 9.59 Å². The Morgan fingerprint density at radius 1 is 1.12 bits per heavy atom. The molecule has 26 heavy (non-hydrogen) atoms. The molecule has 1 aromatic rings. The Kier molecular flexibility index (Phi) is 6.63. The number of piperidine rings is 1. The highest BCUT2D eigenvalue weighted by Gasteiger charge is 2.31. The second kappa shape index (κ2) is 9.14. The topological polar surface area (TPSA) is 72.9 Å². The van der Waals surface area contributed by atoms with E-state index >= 15 is 0 Å². The molecule has 0 spiro atoms. The van der Waals surface area contributed by atoms with Crippen molar-refractivity contribution in [3.8, 4) is 0 Å². The predicted octanol–water partition coefficient (Wildman–Crippen LogP) is 1.25. The number of hydrogen-bond donors (Lipinski definition) is 2. The number of hydrogen-bond acceptors (Lipinski definition) is 4. The summed E-state index contributed by atoms with van der Waals surface area (Å²) < 4.78 is 0. The monoisotopic (exact) mass is 359 g/mol. The van der Waals surface area contributed by atoms with Gasteiger partial charge in [-0.15, -0.1) is 0 Å². The molecule has 0 aromatic heterocycles. The number of aliphatic hydroxyl groups is 1. The van der Waals surface area contributed by atoms with Crippen LogP contribution in [0.25, 0.3) is 0 Å². The number of carbonyl (C=O) groups excluding carboxylic acids is 2. The molecule has 3 rings (SSSR count). The van der Waals surface area contributed by atoms with E-state index in [1.807, 2.05) is 18.2 Å². The summed E-state index contributed by atoms with van der Waals surface area (Å²) in [4.78, 5) is 28.7. The van der Waals surface area contributed by atoms with Crippen LogP contribution >= 0.6 is 0 Å². The third-order valence-corrected chi connectivity index (χ3v) is 5.31. The van der Waals surface area contributed by atoms with Crippen molar-refractivity contribution in [3.63, 3.8) is 0 Å². The van der Waals surface area contributed by atoms with Gasteiger partial charge in [0.1, 0.15) is 0 Å². The van der Waals surface area contributed by atoms with Crippen LogP contribution in [0.2, 0.25) is 0 Å². The maximum absolute atomic E-state index is 12.5. The molecule has 2 heterocycles. The molecule has 142 valence electrons. The lowest BCUT2D eigenvalue weighted by Crippen LogP contribution is -2.55. The zero-order valence-corrected chi connectivity index (χ0v) is 15.3. The summed E-state index contributed by atoms with van der Waals surface area (Å²) in [5.41, 5.74) is 0.629. The zero-order valence-electron chi connectivity index (χ0n) is 15.3. The van der Waals surface area contributed by atoms with Gasteiger partial charge in [-0.1, -0.05) is 18.2 Å². The highest BCUT2D eigenvalue weighted by atomic mass is 16.3. The van der Waals surface area contributed by atoms with Crippen molar-refractivity contribution in [1.29, 1.82) is 0 Å². The lowest BCUT2D eigenvalue weighted by atomic mass is 10.0. The van der Waals surface area contributed by atoms with Gasteiger partial charge in [-0.2, -0.15) is 0 Å².